The highest BCUT2D eigenvalue weighted by Crippen LogP contribution is 2.36. The monoisotopic (exact) mass is 537 g/mol. The lowest BCUT2D eigenvalue weighted by molar-refractivity contribution is 0.0976. The number of hydrogen-bond donors (Lipinski definition) is 3. The SMILES string of the molecule is C=C[C@H]1CC[C@H](Cn2c(N3CCOC[C@@H]3C)nc3nc(C(=N)NC(=O)O)nc(-c4cccc(Cl)c4)c32)CC1. The van der Waals surface area contributed by atoms with Crippen molar-refractivity contribution in [1.82, 2.24) is 24.8 Å². The molecule has 1 saturated carbocycles. The molecule has 3 aromatic rings. The number of halogens is 1. The van der Waals surface area contributed by atoms with Gasteiger partial charge in [-0.15, -0.1) is 6.58 Å². The molecule has 2 aromatic heterocycles. The maximum Gasteiger partial charge on any atom is 0.410 e. The van der Waals surface area contributed by atoms with Crippen molar-refractivity contribution < 1.29 is 14.6 Å². The number of ether oxygens (including phenoxy) is 1. The highest BCUT2D eigenvalue weighted by Gasteiger charge is 2.30. The number of allylic oxidation sites excluding steroid dienone is 1. The molecule has 1 saturated heterocycles. The fourth-order valence-corrected chi connectivity index (χ4v) is 5.61. The van der Waals surface area contributed by atoms with Crippen molar-refractivity contribution in [2.45, 2.75) is 45.2 Å². The normalized spacial score (nSPS) is 21.8. The molecule has 38 heavy (non-hydrogen) atoms. The Morgan fingerprint density at radius 2 is 2.08 bits per heavy atom. The van der Waals surface area contributed by atoms with Crippen molar-refractivity contribution in [2.24, 2.45) is 11.8 Å². The molecule has 10 nitrogen and oxygen atoms in total. The number of imidazole rings is 1. The zero-order valence-corrected chi connectivity index (χ0v) is 22.1. The van der Waals surface area contributed by atoms with E-state index < -0.39 is 11.9 Å². The average Bonchev–Trinajstić information content (AvgIpc) is 3.26. The second-order valence-corrected chi connectivity index (χ2v) is 10.5. The Hall–Kier alpha value is -3.50. The summed E-state index contributed by atoms with van der Waals surface area (Å²) in [6, 6.07) is 7.45. The van der Waals surface area contributed by atoms with Gasteiger partial charge in [-0.25, -0.2) is 14.8 Å². The van der Waals surface area contributed by atoms with Gasteiger partial charge in [-0.2, -0.15) is 4.98 Å². The second-order valence-electron chi connectivity index (χ2n) is 10.0. The smallest absolute Gasteiger partial charge is 0.410 e. The quantitative estimate of drug-likeness (QED) is 0.230. The average molecular weight is 538 g/mol. The number of anilines is 1. The van der Waals surface area contributed by atoms with E-state index in [0.717, 1.165) is 49.3 Å². The van der Waals surface area contributed by atoms with E-state index in [0.29, 0.717) is 48.0 Å². The van der Waals surface area contributed by atoms with Gasteiger partial charge in [0.05, 0.1) is 19.3 Å². The summed E-state index contributed by atoms with van der Waals surface area (Å²) in [4.78, 5) is 27.7. The summed E-state index contributed by atoms with van der Waals surface area (Å²) in [6.07, 6.45) is 5.12. The predicted molar refractivity (Wildman–Crippen MR) is 147 cm³/mol. The Morgan fingerprint density at radius 1 is 1.29 bits per heavy atom. The molecule has 1 atom stereocenters. The van der Waals surface area contributed by atoms with E-state index in [1.165, 1.54) is 0 Å². The lowest BCUT2D eigenvalue weighted by Crippen LogP contribution is -2.45. The van der Waals surface area contributed by atoms with Crippen molar-refractivity contribution in [3.8, 4) is 11.3 Å². The van der Waals surface area contributed by atoms with Crippen LogP contribution in [0, 0.1) is 17.2 Å². The van der Waals surface area contributed by atoms with E-state index in [1.807, 2.05) is 18.2 Å². The van der Waals surface area contributed by atoms with Gasteiger partial charge in [-0.1, -0.05) is 29.8 Å². The highest BCUT2D eigenvalue weighted by atomic mass is 35.5. The van der Waals surface area contributed by atoms with E-state index in [-0.39, 0.29) is 11.9 Å². The van der Waals surface area contributed by atoms with E-state index in [1.54, 1.807) is 6.07 Å². The van der Waals surface area contributed by atoms with Crippen molar-refractivity contribution >= 4 is 40.6 Å². The maximum atomic E-state index is 11.2. The van der Waals surface area contributed by atoms with Crippen LogP contribution in [0.2, 0.25) is 5.02 Å². The minimum absolute atomic E-state index is 0.0485. The van der Waals surface area contributed by atoms with E-state index in [9.17, 15) is 9.90 Å². The Bertz CT molecular complexity index is 1370. The summed E-state index contributed by atoms with van der Waals surface area (Å²) in [5.41, 5.74) is 2.46. The van der Waals surface area contributed by atoms with Gasteiger partial charge in [0.2, 0.25) is 5.95 Å². The van der Waals surface area contributed by atoms with Gasteiger partial charge in [0.15, 0.2) is 17.3 Å². The molecule has 0 bridgehead atoms. The Labute approximate surface area is 226 Å². The molecule has 2 fully saturated rings. The molecule has 3 heterocycles. The number of rotatable bonds is 6. The molecular formula is C27H32ClN7O3. The topological polar surface area (TPSA) is 129 Å². The van der Waals surface area contributed by atoms with E-state index in [2.05, 4.69) is 44.3 Å². The zero-order chi connectivity index (χ0) is 26.8. The second kappa shape index (κ2) is 11.1. The standard InChI is InChI=1S/C27H32ClN7O3/c1-3-17-7-9-18(10-8-17)14-35-22-21(19-5-4-6-20(28)13-19)30-25(23(29)31-27(36)37)32-24(22)33-26(35)34-11-12-38-15-16(34)2/h3-6,13,16-18H,1,7-12,14-15H2,2H3,(H2,29,31)(H,36,37)/t16-,17-,18-/m0/s1. The Kier molecular flexibility index (Phi) is 7.62. The van der Waals surface area contributed by atoms with Crippen LogP contribution in [0.1, 0.15) is 38.4 Å². The molecule has 1 amide bonds. The molecule has 0 spiro atoms. The molecule has 1 aromatic carbocycles. The molecule has 5 rings (SSSR count). The van der Waals surface area contributed by atoms with E-state index in [4.69, 9.17) is 26.7 Å². The first-order chi connectivity index (χ1) is 18.3. The van der Waals surface area contributed by atoms with Crippen LogP contribution in [-0.2, 0) is 11.3 Å². The Balaban J connectivity index is 1.69. The lowest BCUT2D eigenvalue weighted by atomic mass is 9.82. The number of carbonyl (C=O) groups is 1. The van der Waals surface area contributed by atoms with Crippen LogP contribution in [0.5, 0.6) is 0 Å². The minimum atomic E-state index is -1.36. The molecule has 1 aliphatic heterocycles. The third-order valence-corrected chi connectivity index (χ3v) is 7.66. The van der Waals surface area contributed by atoms with Crippen LogP contribution < -0.4 is 10.2 Å². The number of aromatic nitrogens is 4. The molecule has 3 N–H and O–H groups in total. The van der Waals surface area contributed by atoms with Crippen molar-refractivity contribution in [3.63, 3.8) is 0 Å². The summed E-state index contributed by atoms with van der Waals surface area (Å²) in [5.74, 6) is 1.34. The van der Waals surface area contributed by atoms with Gasteiger partial charge in [-0.3, -0.25) is 10.7 Å². The molecule has 1 aliphatic carbocycles. The number of amides is 1. The largest absolute Gasteiger partial charge is 0.465 e. The number of nitrogens with one attached hydrogen (secondary N) is 2. The van der Waals surface area contributed by atoms with Crippen LogP contribution in [0.3, 0.4) is 0 Å². The molecule has 11 heteroatoms. The zero-order valence-electron chi connectivity index (χ0n) is 21.4. The summed E-state index contributed by atoms with van der Waals surface area (Å²) in [5, 5.41) is 20.0. The summed E-state index contributed by atoms with van der Waals surface area (Å²) < 4.78 is 7.91. The van der Waals surface area contributed by atoms with Crippen LogP contribution in [-0.4, -0.2) is 62.4 Å². The number of morpholine rings is 1. The van der Waals surface area contributed by atoms with Crippen molar-refractivity contribution in [2.75, 3.05) is 24.7 Å². The molecular weight excluding hydrogens is 506 g/mol. The van der Waals surface area contributed by atoms with Crippen LogP contribution >= 0.6 is 11.6 Å². The number of amidine groups is 1. The summed E-state index contributed by atoms with van der Waals surface area (Å²) in [7, 11) is 0. The maximum absolute atomic E-state index is 11.2. The van der Waals surface area contributed by atoms with Crippen LogP contribution in [0.4, 0.5) is 10.7 Å². The first-order valence-electron chi connectivity index (χ1n) is 12.9. The lowest BCUT2D eigenvalue weighted by Gasteiger charge is -2.35. The third kappa shape index (κ3) is 5.37. The van der Waals surface area contributed by atoms with Gasteiger partial charge in [-0.05, 0) is 56.6 Å². The molecule has 2 aliphatic rings. The van der Waals surface area contributed by atoms with Crippen LogP contribution in [0.15, 0.2) is 36.9 Å². The molecule has 200 valence electrons. The summed E-state index contributed by atoms with van der Waals surface area (Å²) >= 11 is 6.36. The van der Waals surface area contributed by atoms with E-state index >= 15 is 0 Å². The third-order valence-electron chi connectivity index (χ3n) is 7.43. The summed E-state index contributed by atoms with van der Waals surface area (Å²) in [6.45, 7) is 8.73. The fourth-order valence-electron chi connectivity index (χ4n) is 5.42. The van der Waals surface area contributed by atoms with Gasteiger partial charge in [0.25, 0.3) is 0 Å². The number of carboxylic acid groups (broad SMARTS) is 1. The van der Waals surface area contributed by atoms with Crippen molar-refractivity contribution in [3.05, 3.63) is 47.8 Å². The molecule has 0 radical (unpaired) electrons. The number of hydrogen-bond acceptors (Lipinski definition) is 7. The van der Waals surface area contributed by atoms with Crippen molar-refractivity contribution in [1.29, 1.82) is 5.41 Å². The number of benzene rings is 1. The van der Waals surface area contributed by atoms with Crippen LogP contribution in [0.25, 0.3) is 22.4 Å². The molecule has 0 unspecified atom stereocenters. The predicted octanol–water partition coefficient (Wildman–Crippen LogP) is 4.96. The first kappa shape index (κ1) is 26.1. The van der Waals surface area contributed by atoms with Gasteiger partial charge < -0.3 is 19.3 Å². The number of fused-ring (bicyclic) bond motifs is 1. The number of nitrogens with zero attached hydrogens (tertiary/aromatic N) is 5. The van der Waals surface area contributed by atoms with Gasteiger partial charge in [0.1, 0.15) is 11.2 Å². The van der Waals surface area contributed by atoms with Gasteiger partial charge in [0, 0.05) is 23.7 Å². The Morgan fingerprint density at radius 3 is 2.76 bits per heavy atom. The van der Waals surface area contributed by atoms with Gasteiger partial charge >= 0.3 is 6.09 Å². The first-order valence-corrected chi connectivity index (χ1v) is 13.3. The minimum Gasteiger partial charge on any atom is -0.465 e. The highest BCUT2D eigenvalue weighted by molar-refractivity contribution is 6.30. The fraction of sp³-hybridized carbons (Fsp3) is 0.444.